The van der Waals surface area contributed by atoms with Crippen LogP contribution in [-0.2, 0) is 0 Å². The molecule has 5 rings (SSSR count). The van der Waals surface area contributed by atoms with Crippen LogP contribution in [0, 0.1) is 38.4 Å². The van der Waals surface area contributed by atoms with Crippen molar-refractivity contribution in [3.63, 3.8) is 0 Å². The number of aryl methyl sites for hydroxylation is 2. The Morgan fingerprint density at radius 1 is 0.968 bits per heavy atom. The highest BCUT2D eigenvalue weighted by molar-refractivity contribution is 5.98. The first-order valence-electron chi connectivity index (χ1n) is 10.4. The first-order valence-corrected chi connectivity index (χ1v) is 10.4. The number of carbonyl (C=O) groups excluding carboxylic acids is 1. The van der Waals surface area contributed by atoms with Crippen molar-refractivity contribution in [3.8, 4) is 5.69 Å². The fraction of sp³-hybridized carbons (Fsp3) is 0.409. The van der Waals surface area contributed by atoms with Crippen LogP contribution >= 0.6 is 0 Å². The van der Waals surface area contributed by atoms with Crippen molar-refractivity contribution in [3.05, 3.63) is 58.9 Å². The number of hydrogen-bond acceptors (Lipinski definition) is 6. The van der Waals surface area contributed by atoms with E-state index in [1.807, 2.05) is 20.8 Å². The topological polar surface area (TPSA) is 80.0 Å². The van der Waals surface area contributed by atoms with Gasteiger partial charge in [0.15, 0.2) is 0 Å². The summed E-state index contributed by atoms with van der Waals surface area (Å²) in [5, 5.41) is 8.13. The number of halogens is 1. The second-order valence-corrected chi connectivity index (χ2v) is 8.41. The maximum Gasteiger partial charge on any atom is 0.259 e. The van der Waals surface area contributed by atoms with E-state index in [2.05, 4.69) is 25.1 Å². The SMILES string of the molecule is Cc1nc(N2CC3CN(C(=O)c4c(F)cccc4-n4nccn4)CC3C2)nc(C)c1C. The first-order chi connectivity index (χ1) is 14.9. The lowest BCUT2D eigenvalue weighted by Gasteiger charge is -2.23. The Kier molecular flexibility index (Phi) is 4.68. The van der Waals surface area contributed by atoms with Crippen molar-refractivity contribution in [1.29, 1.82) is 0 Å². The maximum atomic E-state index is 14.7. The summed E-state index contributed by atoms with van der Waals surface area (Å²) in [6.45, 7) is 8.81. The molecule has 4 heterocycles. The van der Waals surface area contributed by atoms with E-state index < -0.39 is 5.82 Å². The van der Waals surface area contributed by atoms with Crippen molar-refractivity contribution in [2.75, 3.05) is 31.1 Å². The molecule has 0 radical (unpaired) electrons. The lowest BCUT2D eigenvalue weighted by molar-refractivity contribution is 0.0777. The average Bonchev–Trinajstić information content (AvgIpc) is 3.47. The Morgan fingerprint density at radius 2 is 1.58 bits per heavy atom. The van der Waals surface area contributed by atoms with Crippen molar-refractivity contribution in [2.24, 2.45) is 11.8 Å². The van der Waals surface area contributed by atoms with Crippen molar-refractivity contribution in [2.45, 2.75) is 20.8 Å². The summed E-state index contributed by atoms with van der Waals surface area (Å²) in [5.74, 6) is 0.510. The van der Waals surface area contributed by atoms with Crippen molar-refractivity contribution >= 4 is 11.9 Å². The van der Waals surface area contributed by atoms with Crippen LogP contribution in [0.3, 0.4) is 0 Å². The van der Waals surface area contributed by atoms with Gasteiger partial charge >= 0.3 is 0 Å². The summed E-state index contributed by atoms with van der Waals surface area (Å²) >= 11 is 0. The summed E-state index contributed by atoms with van der Waals surface area (Å²) < 4.78 is 14.7. The van der Waals surface area contributed by atoms with Gasteiger partial charge in [0.2, 0.25) is 5.95 Å². The molecule has 31 heavy (non-hydrogen) atoms. The highest BCUT2D eigenvalue weighted by Gasteiger charge is 2.43. The zero-order valence-corrected chi connectivity index (χ0v) is 17.8. The third kappa shape index (κ3) is 3.34. The van der Waals surface area contributed by atoms with Crippen LogP contribution in [-0.4, -0.2) is 61.9 Å². The van der Waals surface area contributed by atoms with Crippen LogP contribution in [0.5, 0.6) is 0 Å². The van der Waals surface area contributed by atoms with E-state index in [9.17, 15) is 9.18 Å². The molecule has 8 nitrogen and oxygen atoms in total. The van der Waals surface area contributed by atoms with Gasteiger partial charge in [0.05, 0.1) is 12.4 Å². The molecule has 0 aliphatic carbocycles. The summed E-state index contributed by atoms with van der Waals surface area (Å²) in [6, 6.07) is 4.53. The minimum Gasteiger partial charge on any atom is -0.340 e. The van der Waals surface area contributed by atoms with Crippen LogP contribution in [0.4, 0.5) is 10.3 Å². The van der Waals surface area contributed by atoms with E-state index in [4.69, 9.17) is 0 Å². The van der Waals surface area contributed by atoms with Crippen LogP contribution in [0.2, 0.25) is 0 Å². The van der Waals surface area contributed by atoms with E-state index in [0.29, 0.717) is 30.6 Å². The summed E-state index contributed by atoms with van der Waals surface area (Å²) in [5.41, 5.74) is 3.48. The quantitative estimate of drug-likeness (QED) is 0.646. The number of anilines is 1. The van der Waals surface area contributed by atoms with Gasteiger partial charge in [-0.15, -0.1) is 0 Å². The van der Waals surface area contributed by atoms with Crippen molar-refractivity contribution in [1.82, 2.24) is 29.9 Å². The van der Waals surface area contributed by atoms with Crippen LogP contribution in [0.1, 0.15) is 27.3 Å². The number of aromatic nitrogens is 5. The molecule has 0 saturated carbocycles. The van der Waals surface area contributed by atoms with Gasteiger partial charge in [-0.2, -0.15) is 15.0 Å². The number of rotatable bonds is 3. The molecular formula is C22H24FN7O. The molecule has 0 bridgehead atoms. The lowest BCUT2D eigenvalue weighted by atomic mass is 10.0. The molecule has 160 valence electrons. The van der Waals surface area contributed by atoms with Gasteiger partial charge in [-0.25, -0.2) is 14.4 Å². The molecule has 2 fully saturated rings. The molecule has 9 heteroatoms. The fourth-order valence-electron chi connectivity index (χ4n) is 4.61. The summed E-state index contributed by atoms with van der Waals surface area (Å²) in [6.07, 6.45) is 3.01. The zero-order valence-electron chi connectivity index (χ0n) is 17.8. The standard InChI is InChI=1S/C22H24FN7O/c1-13-14(2)26-22(27-15(13)3)29-11-16-9-28(10-17(16)12-29)21(31)20-18(23)5-4-6-19(20)30-24-7-8-25-30/h4-8,16-17H,9-12H2,1-3H3. The van der Waals surface area contributed by atoms with Gasteiger partial charge in [0.1, 0.15) is 17.1 Å². The molecule has 1 amide bonds. The minimum atomic E-state index is -0.558. The fourth-order valence-corrected chi connectivity index (χ4v) is 4.61. The molecule has 2 saturated heterocycles. The minimum absolute atomic E-state index is 0.0173. The molecule has 2 unspecified atom stereocenters. The first kappa shape index (κ1) is 19.6. The monoisotopic (exact) mass is 421 g/mol. The molecule has 2 aliphatic rings. The number of amides is 1. The Bertz CT molecular complexity index is 1110. The van der Waals surface area contributed by atoms with Gasteiger partial charge in [0.25, 0.3) is 5.91 Å². The van der Waals surface area contributed by atoms with Gasteiger partial charge in [-0.3, -0.25) is 4.79 Å². The van der Waals surface area contributed by atoms with Gasteiger partial charge in [-0.1, -0.05) is 6.07 Å². The molecule has 0 N–H and O–H groups in total. The third-order valence-electron chi connectivity index (χ3n) is 6.52. The van der Waals surface area contributed by atoms with E-state index >= 15 is 0 Å². The Labute approximate surface area is 179 Å². The van der Waals surface area contributed by atoms with Crippen LogP contribution in [0.15, 0.2) is 30.6 Å². The van der Waals surface area contributed by atoms with E-state index in [1.54, 1.807) is 17.0 Å². The largest absolute Gasteiger partial charge is 0.340 e. The number of nitrogens with zero attached hydrogens (tertiary/aromatic N) is 7. The van der Waals surface area contributed by atoms with Crippen molar-refractivity contribution < 1.29 is 9.18 Å². The molecule has 2 aliphatic heterocycles. The number of hydrogen-bond donors (Lipinski definition) is 0. The third-order valence-corrected chi connectivity index (χ3v) is 6.52. The Hall–Kier alpha value is -3.36. The molecule has 1 aromatic carbocycles. The van der Waals surface area contributed by atoms with Crippen LogP contribution < -0.4 is 4.90 Å². The van der Waals surface area contributed by atoms with E-state index in [1.165, 1.54) is 23.3 Å². The highest BCUT2D eigenvalue weighted by Crippen LogP contribution is 2.34. The highest BCUT2D eigenvalue weighted by atomic mass is 19.1. The normalized spacial score (nSPS) is 20.4. The second-order valence-electron chi connectivity index (χ2n) is 8.41. The molecule has 0 spiro atoms. The average molecular weight is 421 g/mol. The number of fused-ring (bicyclic) bond motifs is 1. The van der Waals surface area contributed by atoms with Crippen LogP contribution in [0.25, 0.3) is 5.69 Å². The number of benzene rings is 1. The summed E-state index contributed by atoms with van der Waals surface area (Å²) in [4.78, 5) is 27.8. The molecule has 2 aromatic heterocycles. The number of likely N-dealkylation sites (tertiary alicyclic amines) is 1. The predicted molar refractivity (Wildman–Crippen MR) is 113 cm³/mol. The lowest BCUT2D eigenvalue weighted by Crippen LogP contribution is -2.35. The second kappa shape index (κ2) is 7.40. The molecule has 2 atom stereocenters. The molecule has 3 aromatic rings. The Balaban J connectivity index is 1.34. The van der Waals surface area contributed by atoms with E-state index in [-0.39, 0.29) is 11.5 Å². The van der Waals surface area contributed by atoms with Gasteiger partial charge in [0, 0.05) is 49.4 Å². The Morgan fingerprint density at radius 3 is 2.19 bits per heavy atom. The predicted octanol–water partition coefficient (Wildman–Crippen LogP) is 2.33. The zero-order chi connectivity index (χ0) is 21.7. The summed E-state index contributed by atoms with van der Waals surface area (Å²) in [7, 11) is 0. The smallest absolute Gasteiger partial charge is 0.259 e. The maximum absolute atomic E-state index is 14.7. The van der Waals surface area contributed by atoms with Gasteiger partial charge < -0.3 is 9.80 Å². The molecular weight excluding hydrogens is 397 g/mol. The van der Waals surface area contributed by atoms with Gasteiger partial charge in [-0.05, 0) is 38.5 Å². The number of carbonyl (C=O) groups is 1. The van der Waals surface area contributed by atoms with E-state index in [0.717, 1.165) is 36.0 Å².